The molecule has 0 fully saturated rings. The number of hydrogen-bond acceptors (Lipinski definition) is 5. The fraction of sp³-hybridized carbons (Fsp3) is 0.435. The molecule has 1 atom stereocenters. The van der Waals surface area contributed by atoms with Gasteiger partial charge in [0.15, 0.2) is 6.10 Å². The first-order valence-electron chi connectivity index (χ1n) is 10.3. The maximum atomic E-state index is 12.7. The van der Waals surface area contributed by atoms with Crippen LogP contribution < -0.4 is 14.4 Å². The van der Waals surface area contributed by atoms with E-state index in [9.17, 15) is 13.2 Å². The number of hydrogen-bond donors (Lipinski definition) is 1. The number of benzene rings is 2. The molecule has 1 heterocycles. The van der Waals surface area contributed by atoms with Crippen molar-refractivity contribution < 1.29 is 17.9 Å². The van der Waals surface area contributed by atoms with E-state index >= 15 is 0 Å². The molecule has 9 heteroatoms. The van der Waals surface area contributed by atoms with E-state index in [0.717, 1.165) is 28.2 Å². The molecule has 0 aliphatic carbocycles. The summed E-state index contributed by atoms with van der Waals surface area (Å²) in [5.41, 5.74) is 2.37. The number of sulfonamides is 1. The highest BCUT2D eigenvalue weighted by Crippen LogP contribution is 2.38. The van der Waals surface area contributed by atoms with Crippen molar-refractivity contribution in [2.45, 2.75) is 38.0 Å². The number of nitrogens with one attached hydrogen (secondary N) is 1. The molecule has 174 valence electrons. The predicted molar refractivity (Wildman–Crippen MR) is 132 cm³/mol. The zero-order valence-electron chi connectivity index (χ0n) is 18.7. The molecular formula is C23H29ClN2O4S2. The minimum absolute atomic E-state index is 0.0575. The van der Waals surface area contributed by atoms with Crippen molar-refractivity contribution in [3.05, 3.63) is 58.6 Å². The summed E-state index contributed by atoms with van der Waals surface area (Å²) >= 11 is 7.82. The van der Waals surface area contributed by atoms with Gasteiger partial charge in [0.05, 0.1) is 18.5 Å². The van der Waals surface area contributed by atoms with Crippen LogP contribution in [0.1, 0.15) is 31.9 Å². The van der Waals surface area contributed by atoms with E-state index in [4.69, 9.17) is 16.3 Å². The van der Waals surface area contributed by atoms with E-state index in [-0.39, 0.29) is 17.9 Å². The van der Waals surface area contributed by atoms with Crippen LogP contribution in [0.4, 0.5) is 5.69 Å². The summed E-state index contributed by atoms with van der Waals surface area (Å²) in [5, 5.41) is 3.58. The first kappa shape index (κ1) is 24.7. The summed E-state index contributed by atoms with van der Waals surface area (Å²) in [5.74, 6) is 1.51. The Morgan fingerprint density at radius 2 is 1.97 bits per heavy atom. The quantitative estimate of drug-likeness (QED) is 0.581. The first-order chi connectivity index (χ1) is 15.0. The first-order valence-corrected chi connectivity index (χ1v) is 13.7. The van der Waals surface area contributed by atoms with Crippen molar-refractivity contribution in [2.75, 3.05) is 29.4 Å². The molecular weight excluding hydrogens is 468 g/mol. The lowest BCUT2D eigenvalue weighted by atomic mass is 9.86. The molecule has 0 saturated carbocycles. The van der Waals surface area contributed by atoms with Crippen LogP contribution in [-0.2, 0) is 26.0 Å². The Balaban J connectivity index is 1.62. The average molecular weight is 497 g/mol. The van der Waals surface area contributed by atoms with Gasteiger partial charge in [0, 0.05) is 23.1 Å². The van der Waals surface area contributed by atoms with Gasteiger partial charge in [0.25, 0.3) is 5.91 Å². The molecule has 0 aromatic heterocycles. The summed E-state index contributed by atoms with van der Waals surface area (Å²) in [4.78, 5) is 12.7. The van der Waals surface area contributed by atoms with Gasteiger partial charge in [-0.2, -0.15) is 11.8 Å². The van der Waals surface area contributed by atoms with Crippen LogP contribution in [0.15, 0.2) is 42.5 Å². The van der Waals surface area contributed by atoms with Gasteiger partial charge in [-0.25, -0.2) is 8.42 Å². The number of carbonyl (C=O) groups excluding carboxylic acids is 1. The summed E-state index contributed by atoms with van der Waals surface area (Å²) in [6.45, 7) is 6.57. The van der Waals surface area contributed by atoms with Crippen molar-refractivity contribution in [2.24, 2.45) is 0 Å². The van der Waals surface area contributed by atoms with Crippen molar-refractivity contribution in [1.82, 2.24) is 5.32 Å². The topological polar surface area (TPSA) is 75.7 Å². The van der Waals surface area contributed by atoms with Gasteiger partial charge in [-0.15, -0.1) is 0 Å². The molecule has 0 spiro atoms. The summed E-state index contributed by atoms with van der Waals surface area (Å²) in [6, 6.07) is 13.2. The van der Waals surface area contributed by atoms with Crippen molar-refractivity contribution in [3.63, 3.8) is 0 Å². The van der Waals surface area contributed by atoms with Gasteiger partial charge >= 0.3 is 0 Å². The number of halogens is 1. The van der Waals surface area contributed by atoms with Crippen molar-refractivity contribution >= 4 is 45.0 Å². The average Bonchev–Trinajstić information content (AvgIpc) is 2.72. The lowest BCUT2D eigenvalue weighted by molar-refractivity contribution is -0.127. The van der Waals surface area contributed by atoms with Crippen LogP contribution in [0.3, 0.4) is 0 Å². The fourth-order valence-electron chi connectivity index (χ4n) is 3.33. The van der Waals surface area contributed by atoms with Crippen LogP contribution in [0.5, 0.6) is 5.75 Å². The van der Waals surface area contributed by atoms with Gasteiger partial charge in [-0.05, 0) is 34.7 Å². The Kier molecular flexibility index (Phi) is 7.68. The number of thioether (sulfide) groups is 1. The zero-order chi connectivity index (χ0) is 23.5. The minimum Gasteiger partial charge on any atom is -0.476 e. The molecule has 0 bridgehead atoms. The van der Waals surface area contributed by atoms with E-state index in [1.54, 1.807) is 17.8 Å². The molecule has 1 N–H and O–H groups in total. The second-order valence-corrected chi connectivity index (χ2v) is 12.2. The van der Waals surface area contributed by atoms with Gasteiger partial charge in [-0.3, -0.25) is 9.10 Å². The molecule has 2 aromatic carbocycles. The van der Waals surface area contributed by atoms with Crippen LogP contribution >= 0.6 is 23.4 Å². The van der Waals surface area contributed by atoms with E-state index in [1.807, 2.05) is 36.4 Å². The van der Waals surface area contributed by atoms with E-state index < -0.39 is 16.1 Å². The Labute approximate surface area is 199 Å². The second kappa shape index (κ2) is 9.93. The zero-order valence-corrected chi connectivity index (χ0v) is 21.1. The third kappa shape index (κ3) is 6.11. The molecule has 1 aliphatic heterocycles. The molecule has 6 nitrogen and oxygen atoms in total. The Morgan fingerprint density at radius 3 is 2.62 bits per heavy atom. The number of ether oxygens (including phenoxy) is 1. The minimum atomic E-state index is -3.58. The standard InChI is InChI=1S/C23H29ClN2O4S2/c1-23(2,3)17-9-10-20-19(13-17)26(32(4,28)29)14-21(30-20)22(27)25-11-12-31-15-16-7-5-6-8-18(16)24/h5-10,13,21H,11-12,14-15H2,1-4H3,(H,25,27). The Bertz CT molecular complexity index is 1080. The highest BCUT2D eigenvalue weighted by molar-refractivity contribution is 7.98. The number of carbonyl (C=O) groups is 1. The van der Waals surface area contributed by atoms with Gasteiger partial charge in [0.2, 0.25) is 10.0 Å². The van der Waals surface area contributed by atoms with Crippen LogP contribution in [0, 0.1) is 0 Å². The smallest absolute Gasteiger partial charge is 0.263 e. The molecule has 0 radical (unpaired) electrons. The molecule has 2 aromatic rings. The number of anilines is 1. The summed E-state index contributed by atoms with van der Waals surface area (Å²) in [7, 11) is -3.58. The summed E-state index contributed by atoms with van der Waals surface area (Å²) < 4.78 is 32.1. The lowest BCUT2D eigenvalue weighted by Crippen LogP contribution is -2.50. The third-order valence-corrected chi connectivity index (χ3v) is 7.67. The monoisotopic (exact) mass is 496 g/mol. The highest BCUT2D eigenvalue weighted by atomic mass is 35.5. The number of rotatable bonds is 7. The molecule has 3 rings (SSSR count). The van der Waals surface area contributed by atoms with Gasteiger partial charge in [0.1, 0.15) is 5.75 Å². The number of amides is 1. The third-order valence-electron chi connectivity index (χ3n) is 5.15. The SMILES string of the molecule is CC(C)(C)c1ccc2c(c1)N(S(C)(=O)=O)CC(C(=O)NCCSCc1ccccc1Cl)O2. The van der Waals surface area contributed by atoms with Gasteiger partial charge < -0.3 is 10.1 Å². The Hall–Kier alpha value is -1.90. The molecule has 1 unspecified atom stereocenters. The molecule has 32 heavy (non-hydrogen) atoms. The van der Waals surface area contributed by atoms with E-state index in [2.05, 4.69) is 26.1 Å². The van der Waals surface area contributed by atoms with Crippen LogP contribution in [-0.4, -0.2) is 45.5 Å². The molecule has 1 amide bonds. The van der Waals surface area contributed by atoms with Crippen molar-refractivity contribution in [3.8, 4) is 5.75 Å². The highest BCUT2D eigenvalue weighted by Gasteiger charge is 2.35. The van der Waals surface area contributed by atoms with Gasteiger partial charge in [-0.1, -0.05) is 56.6 Å². The Morgan fingerprint density at radius 1 is 1.25 bits per heavy atom. The largest absolute Gasteiger partial charge is 0.476 e. The summed E-state index contributed by atoms with van der Waals surface area (Å²) in [6.07, 6.45) is 0.234. The predicted octanol–water partition coefficient (Wildman–Crippen LogP) is 4.21. The normalized spacial score (nSPS) is 16.3. The maximum Gasteiger partial charge on any atom is 0.263 e. The van der Waals surface area contributed by atoms with Crippen LogP contribution in [0.2, 0.25) is 5.02 Å². The molecule has 1 aliphatic rings. The number of nitrogens with zero attached hydrogens (tertiary/aromatic N) is 1. The second-order valence-electron chi connectivity index (χ2n) is 8.77. The maximum absolute atomic E-state index is 12.7. The van der Waals surface area contributed by atoms with Crippen LogP contribution in [0.25, 0.3) is 0 Å². The fourth-order valence-corrected chi connectivity index (χ4v) is 5.38. The molecule has 0 saturated heterocycles. The van der Waals surface area contributed by atoms with E-state index in [0.29, 0.717) is 23.7 Å². The lowest BCUT2D eigenvalue weighted by Gasteiger charge is -2.35. The van der Waals surface area contributed by atoms with Crippen molar-refractivity contribution in [1.29, 1.82) is 0 Å². The number of fused-ring (bicyclic) bond motifs is 1. The van der Waals surface area contributed by atoms with E-state index in [1.165, 1.54) is 4.31 Å².